The van der Waals surface area contributed by atoms with Gasteiger partial charge in [0.15, 0.2) is 0 Å². The molecule has 0 atom stereocenters. The zero-order chi connectivity index (χ0) is 12.1. The second kappa shape index (κ2) is 5.77. The third-order valence-electron chi connectivity index (χ3n) is 2.92. The van der Waals surface area contributed by atoms with E-state index in [4.69, 9.17) is 5.73 Å². The Balaban J connectivity index is 2.74. The Kier molecular flexibility index (Phi) is 4.65. The Morgan fingerprint density at radius 3 is 2.50 bits per heavy atom. The van der Waals surface area contributed by atoms with Gasteiger partial charge in [-0.05, 0) is 12.8 Å². The van der Waals surface area contributed by atoms with E-state index < -0.39 is 0 Å². The van der Waals surface area contributed by atoms with E-state index in [-0.39, 0.29) is 0 Å². The normalized spacial score (nSPS) is 10.8. The van der Waals surface area contributed by atoms with Crippen molar-refractivity contribution in [2.45, 2.75) is 39.5 Å². The molecular formula is C12H24N4. The number of aryl methyl sites for hydroxylation is 2. The van der Waals surface area contributed by atoms with Crippen LogP contribution >= 0.6 is 0 Å². The van der Waals surface area contributed by atoms with Crippen LogP contribution in [0.25, 0.3) is 0 Å². The van der Waals surface area contributed by atoms with Crippen molar-refractivity contribution in [3.8, 4) is 0 Å². The molecule has 1 aromatic heterocycles. The van der Waals surface area contributed by atoms with Gasteiger partial charge in [-0.2, -0.15) is 5.10 Å². The molecule has 0 aliphatic carbocycles. The fraction of sp³-hybridized carbons (Fsp3) is 0.750. The third-order valence-corrected chi connectivity index (χ3v) is 2.92. The van der Waals surface area contributed by atoms with Gasteiger partial charge in [-0.25, -0.2) is 0 Å². The SMILES string of the molecule is CCCCCN(C)c1c(N)c(CC)nn1C. The van der Waals surface area contributed by atoms with Gasteiger partial charge in [0, 0.05) is 20.6 Å². The van der Waals surface area contributed by atoms with Crippen LogP contribution in [0.15, 0.2) is 0 Å². The van der Waals surface area contributed by atoms with E-state index in [2.05, 4.69) is 30.9 Å². The number of hydrogen-bond donors (Lipinski definition) is 1. The number of nitrogens with zero attached hydrogens (tertiary/aromatic N) is 3. The maximum absolute atomic E-state index is 6.09. The van der Waals surface area contributed by atoms with Crippen molar-refractivity contribution in [2.24, 2.45) is 7.05 Å². The summed E-state index contributed by atoms with van der Waals surface area (Å²) >= 11 is 0. The summed E-state index contributed by atoms with van der Waals surface area (Å²) in [6.45, 7) is 5.34. The zero-order valence-corrected chi connectivity index (χ0v) is 11.0. The molecule has 0 aliphatic rings. The van der Waals surface area contributed by atoms with E-state index in [0.717, 1.165) is 30.2 Å². The number of unbranched alkanes of at least 4 members (excludes halogenated alkanes) is 2. The van der Waals surface area contributed by atoms with Crippen LogP contribution in [-0.2, 0) is 13.5 Å². The number of anilines is 2. The highest BCUT2D eigenvalue weighted by Crippen LogP contribution is 2.25. The van der Waals surface area contributed by atoms with Gasteiger partial charge in [-0.3, -0.25) is 4.68 Å². The average Bonchev–Trinajstić information content (AvgIpc) is 2.54. The fourth-order valence-corrected chi connectivity index (χ4v) is 2.00. The molecule has 0 aromatic carbocycles. The summed E-state index contributed by atoms with van der Waals surface area (Å²) in [5, 5.41) is 4.43. The number of nitrogens with two attached hydrogens (primary N) is 1. The molecule has 0 fully saturated rings. The number of aromatic nitrogens is 2. The van der Waals surface area contributed by atoms with E-state index in [1.165, 1.54) is 19.3 Å². The van der Waals surface area contributed by atoms with Gasteiger partial charge in [0.2, 0.25) is 0 Å². The molecule has 0 saturated heterocycles. The molecular weight excluding hydrogens is 200 g/mol. The van der Waals surface area contributed by atoms with Crippen LogP contribution in [0.3, 0.4) is 0 Å². The Hall–Kier alpha value is -1.19. The van der Waals surface area contributed by atoms with Gasteiger partial charge < -0.3 is 10.6 Å². The lowest BCUT2D eigenvalue weighted by atomic mass is 10.2. The van der Waals surface area contributed by atoms with E-state index in [0.29, 0.717) is 0 Å². The van der Waals surface area contributed by atoms with E-state index >= 15 is 0 Å². The molecule has 0 unspecified atom stereocenters. The molecule has 0 aliphatic heterocycles. The van der Waals surface area contributed by atoms with Crippen molar-refractivity contribution in [3.05, 3.63) is 5.69 Å². The van der Waals surface area contributed by atoms with Gasteiger partial charge in [0.25, 0.3) is 0 Å². The van der Waals surface area contributed by atoms with Gasteiger partial charge >= 0.3 is 0 Å². The largest absolute Gasteiger partial charge is 0.394 e. The van der Waals surface area contributed by atoms with Gasteiger partial charge in [0.1, 0.15) is 5.82 Å². The minimum Gasteiger partial charge on any atom is -0.394 e. The second-order valence-electron chi connectivity index (χ2n) is 4.29. The lowest BCUT2D eigenvalue weighted by molar-refractivity contribution is 0.675. The van der Waals surface area contributed by atoms with Gasteiger partial charge in [0.05, 0.1) is 11.4 Å². The van der Waals surface area contributed by atoms with E-state index in [1.54, 1.807) is 0 Å². The highest BCUT2D eigenvalue weighted by Gasteiger charge is 2.14. The molecule has 0 radical (unpaired) electrons. The smallest absolute Gasteiger partial charge is 0.150 e. The third kappa shape index (κ3) is 2.68. The summed E-state index contributed by atoms with van der Waals surface area (Å²) in [5.41, 5.74) is 7.93. The minimum atomic E-state index is 0.837. The van der Waals surface area contributed by atoms with Crippen molar-refractivity contribution in [3.63, 3.8) is 0 Å². The molecule has 0 spiro atoms. The first-order chi connectivity index (χ1) is 7.61. The molecule has 0 amide bonds. The summed E-state index contributed by atoms with van der Waals surface area (Å²) in [4.78, 5) is 2.21. The predicted molar refractivity (Wildman–Crippen MR) is 69.8 cm³/mol. The van der Waals surface area contributed by atoms with Crippen molar-refractivity contribution in [1.82, 2.24) is 9.78 Å². The Labute approximate surface area is 98.4 Å². The summed E-state index contributed by atoms with van der Waals surface area (Å²) < 4.78 is 1.89. The maximum Gasteiger partial charge on any atom is 0.150 e. The van der Waals surface area contributed by atoms with E-state index in [1.807, 2.05) is 11.7 Å². The molecule has 4 heteroatoms. The first-order valence-corrected chi connectivity index (χ1v) is 6.14. The van der Waals surface area contributed by atoms with Crippen molar-refractivity contribution < 1.29 is 0 Å². The molecule has 2 N–H and O–H groups in total. The lowest BCUT2D eigenvalue weighted by Crippen LogP contribution is -2.22. The number of rotatable bonds is 6. The standard InChI is InChI=1S/C12H24N4/c1-5-7-8-9-15(3)12-11(13)10(6-2)14-16(12)4/h5-9,13H2,1-4H3. The minimum absolute atomic E-state index is 0.837. The first kappa shape index (κ1) is 12.9. The van der Waals surface area contributed by atoms with Crippen LogP contribution in [0.4, 0.5) is 11.5 Å². The van der Waals surface area contributed by atoms with Crippen LogP contribution in [0, 0.1) is 0 Å². The predicted octanol–water partition coefficient (Wildman–Crippen LogP) is 2.19. The van der Waals surface area contributed by atoms with Crippen LogP contribution in [0.5, 0.6) is 0 Å². The molecule has 16 heavy (non-hydrogen) atoms. The number of hydrogen-bond acceptors (Lipinski definition) is 3. The zero-order valence-electron chi connectivity index (χ0n) is 11.0. The fourth-order valence-electron chi connectivity index (χ4n) is 2.00. The summed E-state index contributed by atoms with van der Waals surface area (Å²) in [6.07, 6.45) is 4.61. The maximum atomic E-state index is 6.09. The van der Waals surface area contributed by atoms with Crippen LogP contribution < -0.4 is 10.6 Å². The highest BCUT2D eigenvalue weighted by molar-refractivity contribution is 5.66. The Bertz CT molecular complexity index is 330. The van der Waals surface area contributed by atoms with Gasteiger partial charge in [-0.15, -0.1) is 0 Å². The summed E-state index contributed by atoms with van der Waals surface area (Å²) in [7, 11) is 4.05. The molecule has 0 bridgehead atoms. The Morgan fingerprint density at radius 1 is 1.31 bits per heavy atom. The number of nitrogen functional groups attached to an aromatic ring is 1. The molecule has 1 heterocycles. The molecule has 1 aromatic rings. The molecule has 1 rings (SSSR count). The quantitative estimate of drug-likeness (QED) is 0.753. The van der Waals surface area contributed by atoms with Crippen LogP contribution in [0.2, 0.25) is 0 Å². The molecule has 92 valence electrons. The second-order valence-corrected chi connectivity index (χ2v) is 4.29. The highest BCUT2D eigenvalue weighted by atomic mass is 15.4. The van der Waals surface area contributed by atoms with E-state index in [9.17, 15) is 0 Å². The van der Waals surface area contributed by atoms with Crippen molar-refractivity contribution in [2.75, 3.05) is 24.2 Å². The van der Waals surface area contributed by atoms with Crippen molar-refractivity contribution in [1.29, 1.82) is 0 Å². The summed E-state index contributed by atoms with van der Waals surface area (Å²) in [6, 6.07) is 0. The van der Waals surface area contributed by atoms with Crippen molar-refractivity contribution >= 4 is 11.5 Å². The monoisotopic (exact) mass is 224 g/mol. The first-order valence-electron chi connectivity index (χ1n) is 6.14. The molecule has 0 saturated carbocycles. The summed E-state index contributed by atoms with van der Waals surface area (Å²) in [5.74, 6) is 1.05. The van der Waals surface area contributed by atoms with Crippen LogP contribution in [0.1, 0.15) is 38.8 Å². The topological polar surface area (TPSA) is 47.1 Å². The molecule has 4 nitrogen and oxygen atoms in total. The lowest BCUT2D eigenvalue weighted by Gasteiger charge is -2.19. The van der Waals surface area contributed by atoms with Gasteiger partial charge in [-0.1, -0.05) is 26.7 Å². The Morgan fingerprint density at radius 2 is 2.00 bits per heavy atom. The van der Waals surface area contributed by atoms with Crippen LogP contribution in [-0.4, -0.2) is 23.4 Å². The average molecular weight is 224 g/mol.